The van der Waals surface area contributed by atoms with E-state index in [0.29, 0.717) is 0 Å². The summed E-state index contributed by atoms with van der Waals surface area (Å²) >= 11 is 0. The maximum absolute atomic E-state index is 13.6. The van der Waals surface area contributed by atoms with Crippen LogP contribution in [-0.2, 0) is 6.42 Å². The van der Waals surface area contributed by atoms with Crippen molar-refractivity contribution < 1.29 is 8.78 Å². The number of nitrogens with zero attached hydrogens (tertiary/aromatic N) is 2. The molecule has 1 heterocycles. The maximum Gasteiger partial charge on any atom is 0.129 e. The molecule has 2 atom stereocenters. The van der Waals surface area contributed by atoms with Crippen molar-refractivity contribution in [1.82, 2.24) is 15.3 Å². The van der Waals surface area contributed by atoms with E-state index >= 15 is 0 Å². The minimum atomic E-state index is -0.509. The van der Waals surface area contributed by atoms with Crippen LogP contribution in [0.1, 0.15) is 31.1 Å². The van der Waals surface area contributed by atoms with E-state index in [2.05, 4.69) is 15.3 Å². The maximum atomic E-state index is 13.6. The van der Waals surface area contributed by atoms with Crippen LogP contribution in [0.4, 0.5) is 8.78 Å². The molecule has 0 spiro atoms. The number of nitrogens with one attached hydrogen (secondary N) is 1. The summed E-state index contributed by atoms with van der Waals surface area (Å²) in [6.07, 6.45) is 5.18. The first-order chi connectivity index (χ1) is 9.58. The molecule has 0 saturated heterocycles. The van der Waals surface area contributed by atoms with Gasteiger partial charge in [0.25, 0.3) is 0 Å². The molecule has 20 heavy (non-hydrogen) atoms. The molecule has 3 nitrogen and oxygen atoms in total. The summed E-state index contributed by atoms with van der Waals surface area (Å²) in [5, 5.41) is 3.26. The molecule has 2 unspecified atom stereocenters. The Morgan fingerprint density at radius 3 is 2.45 bits per heavy atom. The van der Waals surface area contributed by atoms with Crippen molar-refractivity contribution in [2.75, 3.05) is 0 Å². The van der Waals surface area contributed by atoms with Gasteiger partial charge in [-0.1, -0.05) is 6.07 Å². The van der Waals surface area contributed by atoms with Crippen molar-refractivity contribution in [3.05, 3.63) is 59.7 Å². The van der Waals surface area contributed by atoms with Crippen LogP contribution in [0.25, 0.3) is 0 Å². The Morgan fingerprint density at radius 2 is 1.85 bits per heavy atom. The molecule has 0 aliphatic carbocycles. The summed E-state index contributed by atoms with van der Waals surface area (Å²) in [6.45, 7) is 3.83. The second-order valence-electron chi connectivity index (χ2n) is 4.82. The summed E-state index contributed by atoms with van der Waals surface area (Å²) in [5.74, 6) is -1.02. The predicted molar refractivity (Wildman–Crippen MR) is 73.1 cm³/mol. The van der Waals surface area contributed by atoms with Crippen LogP contribution in [-0.4, -0.2) is 16.0 Å². The molecule has 2 rings (SSSR count). The van der Waals surface area contributed by atoms with E-state index < -0.39 is 11.6 Å². The molecule has 2 aromatic rings. The normalized spacial score (nSPS) is 14.0. The van der Waals surface area contributed by atoms with Gasteiger partial charge < -0.3 is 5.32 Å². The molecule has 0 amide bonds. The Kier molecular flexibility index (Phi) is 4.74. The Morgan fingerprint density at radius 1 is 1.15 bits per heavy atom. The van der Waals surface area contributed by atoms with E-state index in [9.17, 15) is 8.78 Å². The lowest BCUT2D eigenvalue weighted by Crippen LogP contribution is -2.31. The molecule has 1 aromatic carbocycles. The van der Waals surface area contributed by atoms with Crippen LogP contribution >= 0.6 is 0 Å². The first-order valence-electron chi connectivity index (χ1n) is 6.52. The van der Waals surface area contributed by atoms with Crippen LogP contribution in [0.2, 0.25) is 0 Å². The topological polar surface area (TPSA) is 37.8 Å². The van der Waals surface area contributed by atoms with Gasteiger partial charge in [-0.15, -0.1) is 0 Å². The second-order valence-corrected chi connectivity index (χ2v) is 4.82. The minimum Gasteiger partial charge on any atom is -0.306 e. The number of hydrogen-bond donors (Lipinski definition) is 1. The first kappa shape index (κ1) is 14.5. The van der Waals surface area contributed by atoms with Crippen molar-refractivity contribution in [3.63, 3.8) is 0 Å². The molecular formula is C15H17F2N3. The fraction of sp³-hybridized carbons (Fsp3) is 0.333. The van der Waals surface area contributed by atoms with E-state index in [1.54, 1.807) is 18.6 Å². The van der Waals surface area contributed by atoms with Gasteiger partial charge in [0.05, 0.1) is 5.69 Å². The largest absolute Gasteiger partial charge is 0.306 e. The third kappa shape index (κ3) is 3.57. The summed E-state index contributed by atoms with van der Waals surface area (Å²) in [7, 11) is 0. The van der Waals surface area contributed by atoms with Gasteiger partial charge in [-0.2, -0.15) is 0 Å². The molecule has 106 valence electrons. The fourth-order valence-corrected chi connectivity index (χ4v) is 2.14. The highest BCUT2D eigenvalue weighted by atomic mass is 19.1. The van der Waals surface area contributed by atoms with Gasteiger partial charge in [0, 0.05) is 36.2 Å². The number of hydrogen-bond acceptors (Lipinski definition) is 3. The summed E-state index contributed by atoms with van der Waals surface area (Å²) in [5.41, 5.74) is 0.909. The zero-order valence-corrected chi connectivity index (χ0v) is 11.5. The lowest BCUT2D eigenvalue weighted by molar-refractivity contribution is 0.451. The molecule has 0 radical (unpaired) electrons. The van der Waals surface area contributed by atoms with Gasteiger partial charge in [-0.25, -0.2) is 8.78 Å². The Bertz CT molecular complexity index is 540. The molecule has 0 aliphatic rings. The van der Waals surface area contributed by atoms with E-state index in [4.69, 9.17) is 0 Å². The van der Waals surface area contributed by atoms with E-state index in [-0.39, 0.29) is 24.1 Å². The number of benzene rings is 1. The minimum absolute atomic E-state index is 0.0338. The number of halogens is 2. The van der Waals surface area contributed by atoms with Crippen LogP contribution in [0, 0.1) is 11.6 Å². The molecule has 1 N–H and O–H groups in total. The smallest absolute Gasteiger partial charge is 0.129 e. The summed E-state index contributed by atoms with van der Waals surface area (Å²) in [6, 6.07) is 3.80. The van der Waals surface area contributed by atoms with Crippen molar-refractivity contribution in [2.45, 2.75) is 32.4 Å². The lowest BCUT2D eigenvalue weighted by atomic mass is 10.0. The Labute approximate surface area is 117 Å². The number of rotatable bonds is 5. The van der Waals surface area contributed by atoms with Crippen LogP contribution in [0.5, 0.6) is 0 Å². The lowest BCUT2D eigenvalue weighted by Gasteiger charge is -2.20. The van der Waals surface area contributed by atoms with Crippen molar-refractivity contribution in [1.29, 1.82) is 0 Å². The quantitative estimate of drug-likeness (QED) is 0.913. The van der Waals surface area contributed by atoms with E-state index in [1.807, 2.05) is 13.8 Å². The second kappa shape index (κ2) is 6.52. The zero-order chi connectivity index (χ0) is 14.5. The van der Waals surface area contributed by atoms with Gasteiger partial charge in [0.2, 0.25) is 0 Å². The van der Waals surface area contributed by atoms with Crippen molar-refractivity contribution in [3.8, 4) is 0 Å². The van der Waals surface area contributed by atoms with Gasteiger partial charge >= 0.3 is 0 Å². The van der Waals surface area contributed by atoms with Gasteiger partial charge in [-0.3, -0.25) is 9.97 Å². The van der Waals surface area contributed by atoms with E-state index in [0.717, 1.165) is 5.69 Å². The molecule has 0 bridgehead atoms. The molecule has 5 heteroatoms. The SMILES string of the molecule is CC(Cc1c(F)cccc1F)NC(C)c1cnccn1. The third-order valence-corrected chi connectivity index (χ3v) is 3.13. The van der Waals surface area contributed by atoms with Gasteiger partial charge in [-0.05, 0) is 32.4 Å². The monoisotopic (exact) mass is 277 g/mol. The van der Waals surface area contributed by atoms with Crippen LogP contribution in [0.15, 0.2) is 36.8 Å². The van der Waals surface area contributed by atoms with Gasteiger partial charge in [0.1, 0.15) is 11.6 Å². The van der Waals surface area contributed by atoms with Gasteiger partial charge in [0.15, 0.2) is 0 Å². The fourth-order valence-electron chi connectivity index (χ4n) is 2.14. The van der Waals surface area contributed by atoms with Crippen molar-refractivity contribution >= 4 is 0 Å². The standard InChI is InChI=1S/C15H17F2N3/c1-10(8-12-13(16)4-3-5-14(12)17)20-11(2)15-9-18-6-7-19-15/h3-7,9-11,20H,8H2,1-2H3. The summed E-state index contributed by atoms with van der Waals surface area (Å²) in [4.78, 5) is 8.20. The summed E-state index contributed by atoms with van der Waals surface area (Å²) < 4.78 is 27.2. The predicted octanol–water partition coefficient (Wildman–Crippen LogP) is 3.04. The van der Waals surface area contributed by atoms with Crippen LogP contribution < -0.4 is 5.32 Å². The molecule has 0 aliphatic heterocycles. The third-order valence-electron chi connectivity index (χ3n) is 3.13. The highest BCUT2D eigenvalue weighted by Crippen LogP contribution is 2.16. The van der Waals surface area contributed by atoms with Crippen molar-refractivity contribution in [2.24, 2.45) is 0 Å². The molecule has 0 fully saturated rings. The molecule has 0 saturated carbocycles. The first-order valence-corrected chi connectivity index (χ1v) is 6.52. The highest BCUT2D eigenvalue weighted by Gasteiger charge is 2.15. The van der Waals surface area contributed by atoms with Crippen LogP contribution in [0.3, 0.4) is 0 Å². The average Bonchev–Trinajstić information content (AvgIpc) is 2.44. The zero-order valence-electron chi connectivity index (χ0n) is 11.5. The average molecular weight is 277 g/mol. The highest BCUT2D eigenvalue weighted by molar-refractivity contribution is 5.20. The Balaban J connectivity index is 2.01. The molecular weight excluding hydrogens is 260 g/mol. The Hall–Kier alpha value is -1.88. The number of aromatic nitrogens is 2. The van der Waals surface area contributed by atoms with E-state index in [1.165, 1.54) is 18.2 Å². The molecule has 1 aromatic heterocycles.